The van der Waals surface area contributed by atoms with Crippen LogP contribution in [0.15, 0.2) is 18.6 Å². The van der Waals surface area contributed by atoms with Gasteiger partial charge in [-0.15, -0.1) is 0 Å². The molecule has 2 aromatic heterocycles. The Morgan fingerprint density at radius 2 is 2.41 bits per heavy atom. The normalized spacial score (nSPS) is 10.2. The van der Waals surface area contributed by atoms with Crippen LogP contribution >= 0.6 is 11.3 Å². The number of hydrogen-bond acceptors (Lipinski definition) is 7. The van der Waals surface area contributed by atoms with Gasteiger partial charge in [-0.25, -0.2) is 19.7 Å². The van der Waals surface area contributed by atoms with Crippen LogP contribution < -0.4 is 5.73 Å². The van der Waals surface area contributed by atoms with E-state index in [0.717, 1.165) is 11.3 Å². The van der Waals surface area contributed by atoms with Gasteiger partial charge in [-0.3, -0.25) is 0 Å². The molecular weight excluding hydrogens is 240 g/mol. The van der Waals surface area contributed by atoms with E-state index in [4.69, 9.17) is 10.5 Å². The van der Waals surface area contributed by atoms with Crippen LogP contribution in [-0.4, -0.2) is 27.5 Å². The number of carbonyl (C=O) groups is 1. The topological polar surface area (TPSA) is 91.0 Å². The SMILES string of the molecule is CCOC(=O)c1sc(N)nc1-c1ccncn1. The summed E-state index contributed by atoms with van der Waals surface area (Å²) >= 11 is 1.09. The summed E-state index contributed by atoms with van der Waals surface area (Å²) in [4.78, 5) is 24.0. The molecule has 0 amide bonds. The Morgan fingerprint density at radius 3 is 3.06 bits per heavy atom. The largest absolute Gasteiger partial charge is 0.462 e. The van der Waals surface area contributed by atoms with Crippen molar-refractivity contribution in [1.82, 2.24) is 15.0 Å². The maximum Gasteiger partial charge on any atom is 0.350 e. The van der Waals surface area contributed by atoms with E-state index in [1.54, 1.807) is 19.2 Å². The molecule has 0 aliphatic carbocycles. The molecule has 0 radical (unpaired) electrons. The molecule has 6 nitrogen and oxygen atoms in total. The molecule has 0 aliphatic rings. The van der Waals surface area contributed by atoms with Crippen LogP contribution in [0.4, 0.5) is 5.13 Å². The summed E-state index contributed by atoms with van der Waals surface area (Å²) in [6.07, 6.45) is 2.96. The summed E-state index contributed by atoms with van der Waals surface area (Å²) in [5.41, 5.74) is 6.60. The molecule has 88 valence electrons. The fraction of sp³-hybridized carbons (Fsp3) is 0.200. The molecule has 0 saturated carbocycles. The molecule has 0 aliphatic heterocycles. The first kappa shape index (κ1) is 11.5. The highest BCUT2D eigenvalue weighted by Crippen LogP contribution is 2.28. The first-order chi connectivity index (χ1) is 8.22. The number of hydrogen-bond donors (Lipinski definition) is 1. The maximum absolute atomic E-state index is 11.7. The molecule has 0 aromatic carbocycles. The lowest BCUT2D eigenvalue weighted by atomic mass is 10.2. The molecule has 2 heterocycles. The second kappa shape index (κ2) is 4.88. The summed E-state index contributed by atoms with van der Waals surface area (Å²) in [5, 5.41) is 0.307. The summed E-state index contributed by atoms with van der Waals surface area (Å²) in [6, 6.07) is 1.66. The molecule has 0 fully saturated rings. The molecule has 0 saturated heterocycles. The Labute approximate surface area is 101 Å². The second-order valence-electron chi connectivity index (χ2n) is 3.04. The lowest BCUT2D eigenvalue weighted by molar-refractivity contribution is 0.0532. The van der Waals surface area contributed by atoms with Crippen LogP contribution in [0.25, 0.3) is 11.4 Å². The van der Waals surface area contributed by atoms with Gasteiger partial charge in [0.25, 0.3) is 0 Å². The molecule has 2 N–H and O–H groups in total. The summed E-state index contributed by atoms with van der Waals surface area (Å²) in [5.74, 6) is -0.435. The van der Waals surface area contributed by atoms with E-state index in [1.165, 1.54) is 6.33 Å². The number of thiazole rings is 1. The van der Waals surface area contributed by atoms with Gasteiger partial charge in [0, 0.05) is 6.20 Å². The average molecular weight is 250 g/mol. The molecule has 7 heteroatoms. The Hall–Kier alpha value is -2.02. The molecule has 17 heavy (non-hydrogen) atoms. The Bertz CT molecular complexity index is 526. The number of nitrogen functional groups attached to an aromatic ring is 1. The van der Waals surface area contributed by atoms with Crippen molar-refractivity contribution >= 4 is 22.4 Å². The fourth-order valence-electron chi connectivity index (χ4n) is 1.28. The van der Waals surface area contributed by atoms with Gasteiger partial charge >= 0.3 is 5.97 Å². The van der Waals surface area contributed by atoms with Crippen LogP contribution in [0.2, 0.25) is 0 Å². The van der Waals surface area contributed by atoms with Crippen LogP contribution in [0.5, 0.6) is 0 Å². The van der Waals surface area contributed by atoms with Crippen molar-refractivity contribution in [2.45, 2.75) is 6.92 Å². The van der Waals surface area contributed by atoms with E-state index in [9.17, 15) is 4.79 Å². The number of aromatic nitrogens is 3. The molecule has 0 spiro atoms. The highest BCUT2D eigenvalue weighted by atomic mass is 32.1. The lowest BCUT2D eigenvalue weighted by Gasteiger charge is -2.00. The first-order valence-corrected chi connectivity index (χ1v) is 5.73. The van der Waals surface area contributed by atoms with Gasteiger partial charge in [0.2, 0.25) is 0 Å². The van der Waals surface area contributed by atoms with Crippen molar-refractivity contribution in [1.29, 1.82) is 0 Å². The summed E-state index contributed by atoms with van der Waals surface area (Å²) < 4.78 is 4.94. The predicted octanol–water partition coefficient (Wildman–Crippen LogP) is 1.36. The van der Waals surface area contributed by atoms with Crippen LogP contribution in [-0.2, 0) is 4.74 Å². The minimum atomic E-state index is -0.435. The highest BCUT2D eigenvalue weighted by Gasteiger charge is 2.20. The standard InChI is InChI=1S/C10H10N4O2S/c1-2-16-9(15)8-7(14-10(11)17-8)6-3-4-12-5-13-6/h3-5H,2H2,1H3,(H2,11,14). The second-order valence-corrected chi connectivity index (χ2v) is 4.08. The van der Waals surface area contributed by atoms with E-state index in [2.05, 4.69) is 15.0 Å². The third-order valence-electron chi connectivity index (χ3n) is 1.93. The minimum Gasteiger partial charge on any atom is -0.462 e. The molecule has 0 bridgehead atoms. The van der Waals surface area contributed by atoms with Crippen molar-refractivity contribution in [2.24, 2.45) is 0 Å². The predicted molar refractivity (Wildman–Crippen MR) is 63.5 cm³/mol. The Kier molecular flexibility index (Phi) is 3.29. The first-order valence-electron chi connectivity index (χ1n) is 4.92. The smallest absolute Gasteiger partial charge is 0.350 e. The third kappa shape index (κ3) is 2.39. The third-order valence-corrected chi connectivity index (χ3v) is 2.79. The van der Waals surface area contributed by atoms with Gasteiger partial charge in [-0.1, -0.05) is 11.3 Å². The van der Waals surface area contributed by atoms with Crippen LogP contribution in [0.3, 0.4) is 0 Å². The van der Waals surface area contributed by atoms with Gasteiger partial charge in [-0.2, -0.15) is 0 Å². The number of nitrogens with zero attached hydrogens (tertiary/aromatic N) is 3. The monoisotopic (exact) mass is 250 g/mol. The van der Waals surface area contributed by atoms with Gasteiger partial charge in [-0.05, 0) is 13.0 Å². The fourth-order valence-corrected chi connectivity index (χ4v) is 2.01. The van der Waals surface area contributed by atoms with Crippen molar-refractivity contribution in [2.75, 3.05) is 12.3 Å². The van der Waals surface area contributed by atoms with Gasteiger partial charge in [0.05, 0.1) is 12.3 Å². The number of ether oxygens (including phenoxy) is 1. The summed E-state index contributed by atoms with van der Waals surface area (Å²) in [7, 11) is 0. The molecule has 0 unspecified atom stereocenters. The average Bonchev–Trinajstić information content (AvgIpc) is 2.73. The number of carbonyl (C=O) groups excluding carboxylic acids is 1. The Morgan fingerprint density at radius 1 is 1.59 bits per heavy atom. The maximum atomic E-state index is 11.7. The molecule has 0 atom stereocenters. The van der Waals surface area contributed by atoms with E-state index in [0.29, 0.717) is 28.0 Å². The van der Waals surface area contributed by atoms with Crippen molar-refractivity contribution in [3.8, 4) is 11.4 Å². The minimum absolute atomic E-state index is 0.305. The zero-order valence-corrected chi connectivity index (χ0v) is 9.90. The molecule has 2 rings (SSSR count). The summed E-state index contributed by atoms with van der Waals surface area (Å²) in [6.45, 7) is 2.05. The number of anilines is 1. The van der Waals surface area contributed by atoms with Gasteiger partial charge in [0.15, 0.2) is 5.13 Å². The van der Waals surface area contributed by atoms with Gasteiger partial charge in [0.1, 0.15) is 16.9 Å². The van der Waals surface area contributed by atoms with Gasteiger partial charge < -0.3 is 10.5 Å². The van der Waals surface area contributed by atoms with E-state index >= 15 is 0 Å². The number of esters is 1. The number of nitrogens with two attached hydrogens (primary N) is 1. The Balaban J connectivity index is 2.44. The zero-order valence-electron chi connectivity index (χ0n) is 9.08. The van der Waals surface area contributed by atoms with Crippen molar-refractivity contribution < 1.29 is 9.53 Å². The quantitative estimate of drug-likeness (QED) is 0.827. The number of rotatable bonds is 3. The zero-order chi connectivity index (χ0) is 12.3. The molecule has 2 aromatic rings. The van der Waals surface area contributed by atoms with Crippen molar-refractivity contribution in [3.05, 3.63) is 23.5 Å². The van der Waals surface area contributed by atoms with E-state index in [-0.39, 0.29) is 0 Å². The lowest BCUT2D eigenvalue weighted by Crippen LogP contribution is -2.04. The van der Waals surface area contributed by atoms with E-state index in [1.807, 2.05) is 0 Å². The highest BCUT2D eigenvalue weighted by molar-refractivity contribution is 7.17. The van der Waals surface area contributed by atoms with Crippen LogP contribution in [0.1, 0.15) is 16.6 Å². The van der Waals surface area contributed by atoms with E-state index < -0.39 is 5.97 Å². The van der Waals surface area contributed by atoms with Crippen molar-refractivity contribution in [3.63, 3.8) is 0 Å². The molecular formula is C10H10N4O2S. The van der Waals surface area contributed by atoms with Crippen LogP contribution in [0, 0.1) is 0 Å².